The molecule has 2 N–H and O–H groups in total. The van der Waals surface area contributed by atoms with Crippen molar-refractivity contribution in [2.75, 3.05) is 11.9 Å². The van der Waals surface area contributed by atoms with Gasteiger partial charge in [0.25, 0.3) is 5.91 Å². The highest BCUT2D eigenvalue weighted by Gasteiger charge is 2.22. The van der Waals surface area contributed by atoms with Gasteiger partial charge in [-0.1, -0.05) is 11.3 Å². The summed E-state index contributed by atoms with van der Waals surface area (Å²) in [7, 11) is 0. The molecular weight excluding hydrogens is 278 g/mol. The average molecular weight is 297 g/mol. The maximum atomic E-state index is 12.3. The zero-order valence-corrected chi connectivity index (χ0v) is 12.4. The van der Waals surface area contributed by atoms with E-state index >= 15 is 0 Å². The molecule has 0 atom stereocenters. The van der Waals surface area contributed by atoms with Crippen LogP contribution in [0.3, 0.4) is 0 Å². The second-order valence-corrected chi connectivity index (χ2v) is 6.03. The minimum atomic E-state index is -0.200. The first-order chi connectivity index (χ1) is 10.8. The highest BCUT2D eigenvalue weighted by atomic mass is 16.2. The summed E-state index contributed by atoms with van der Waals surface area (Å²) in [6.07, 6.45) is 6.28. The molecule has 22 heavy (non-hydrogen) atoms. The molecule has 114 valence electrons. The number of aromatic nitrogens is 3. The van der Waals surface area contributed by atoms with Gasteiger partial charge in [0, 0.05) is 12.2 Å². The lowest BCUT2D eigenvalue weighted by atomic mass is 9.93. The zero-order chi connectivity index (χ0) is 14.9. The van der Waals surface area contributed by atoms with Gasteiger partial charge in [0.1, 0.15) is 0 Å². The highest BCUT2D eigenvalue weighted by molar-refractivity contribution is 6.02. The smallest absolute Gasteiger partial charge is 0.277 e. The Labute approximate surface area is 128 Å². The van der Waals surface area contributed by atoms with E-state index in [1.54, 1.807) is 6.20 Å². The molecule has 2 aliphatic rings. The Balaban J connectivity index is 1.48. The number of hydrogen-bond donors (Lipinski definition) is 2. The summed E-state index contributed by atoms with van der Waals surface area (Å²) in [5.41, 5.74) is 3.79. The van der Waals surface area contributed by atoms with Crippen molar-refractivity contribution >= 4 is 11.6 Å². The lowest BCUT2D eigenvalue weighted by Crippen LogP contribution is -2.23. The fourth-order valence-electron chi connectivity index (χ4n) is 2.96. The van der Waals surface area contributed by atoms with Crippen LogP contribution in [0.15, 0.2) is 24.4 Å². The van der Waals surface area contributed by atoms with E-state index in [9.17, 15) is 4.79 Å². The summed E-state index contributed by atoms with van der Waals surface area (Å²) in [5, 5.41) is 14.3. The molecule has 1 aromatic carbocycles. The number of fused-ring (bicyclic) bond motifs is 1. The van der Waals surface area contributed by atoms with Crippen LogP contribution in [0.2, 0.25) is 0 Å². The fraction of sp³-hybridized carbons (Fsp3) is 0.438. The molecule has 0 radical (unpaired) electrons. The predicted molar refractivity (Wildman–Crippen MR) is 82.7 cm³/mol. The van der Waals surface area contributed by atoms with E-state index in [2.05, 4.69) is 27.0 Å². The monoisotopic (exact) mass is 297 g/mol. The Morgan fingerprint density at radius 1 is 1.32 bits per heavy atom. The predicted octanol–water partition coefficient (Wildman–Crippen LogP) is 1.90. The molecule has 6 nitrogen and oxygen atoms in total. The van der Waals surface area contributed by atoms with Gasteiger partial charge >= 0.3 is 0 Å². The van der Waals surface area contributed by atoms with Crippen LogP contribution in [0.1, 0.15) is 46.9 Å². The molecule has 1 fully saturated rings. The average Bonchev–Trinajstić information content (AvgIpc) is 2.95. The van der Waals surface area contributed by atoms with Crippen LogP contribution in [-0.2, 0) is 13.0 Å². The third-order valence-corrected chi connectivity index (χ3v) is 4.54. The van der Waals surface area contributed by atoms with Crippen LogP contribution in [-0.4, -0.2) is 27.4 Å². The number of benzene rings is 1. The van der Waals surface area contributed by atoms with Crippen molar-refractivity contribution in [1.29, 1.82) is 0 Å². The number of hydrogen-bond acceptors (Lipinski definition) is 4. The largest absolute Gasteiger partial charge is 0.321 e. The minimum absolute atomic E-state index is 0.200. The van der Waals surface area contributed by atoms with Gasteiger partial charge in [0.15, 0.2) is 5.69 Å². The molecule has 0 bridgehead atoms. The van der Waals surface area contributed by atoms with Gasteiger partial charge in [0.2, 0.25) is 0 Å². The number of amides is 1. The molecule has 1 amide bonds. The first-order valence-electron chi connectivity index (χ1n) is 7.85. The first-order valence-corrected chi connectivity index (χ1v) is 7.85. The minimum Gasteiger partial charge on any atom is -0.321 e. The standard InChI is InChI=1S/C16H19N5O/c22-16(15-10-21(20-19-15)14-2-1-3-14)18-13-5-4-11-6-7-17-9-12(11)8-13/h4-5,8,10,14,17H,1-3,6-7,9H2,(H,18,22). The fourth-order valence-corrected chi connectivity index (χ4v) is 2.96. The van der Waals surface area contributed by atoms with E-state index in [-0.39, 0.29) is 5.91 Å². The summed E-state index contributed by atoms with van der Waals surface area (Å²) in [6.45, 7) is 1.87. The number of nitrogens with zero attached hydrogens (tertiary/aromatic N) is 3. The first kappa shape index (κ1) is 13.5. The lowest BCUT2D eigenvalue weighted by Gasteiger charge is -2.24. The van der Waals surface area contributed by atoms with Crippen LogP contribution in [0.4, 0.5) is 5.69 Å². The van der Waals surface area contributed by atoms with Gasteiger partial charge < -0.3 is 10.6 Å². The molecule has 0 unspecified atom stereocenters. The van der Waals surface area contributed by atoms with E-state index in [1.807, 2.05) is 16.8 Å². The zero-order valence-electron chi connectivity index (χ0n) is 12.4. The van der Waals surface area contributed by atoms with Gasteiger partial charge in [-0.2, -0.15) is 0 Å². The van der Waals surface area contributed by atoms with E-state index in [4.69, 9.17) is 0 Å². The van der Waals surface area contributed by atoms with Crippen LogP contribution in [0.25, 0.3) is 0 Å². The summed E-state index contributed by atoms with van der Waals surface area (Å²) in [6, 6.07) is 6.51. The Kier molecular flexibility index (Phi) is 3.38. The van der Waals surface area contributed by atoms with Crippen molar-refractivity contribution in [2.24, 2.45) is 0 Å². The van der Waals surface area contributed by atoms with Gasteiger partial charge in [0.05, 0.1) is 12.2 Å². The molecule has 1 aliphatic heterocycles. The molecule has 2 aromatic rings. The number of anilines is 1. The summed E-state index contributed by atoms with van der Waals surface area (Å²) >= 11 is 0. The molecule has 0 saturated heterocycles. The number of nitrogens with one attached hydrogen (secondary N) is 2. The van der Waals surface area contributed by atoms with E-state index in [0.29, 0.717) is 11.7 Å². The van der Waals surface area contributed by atoms with Crippen LogP contribution in [0.5, 0.6) is 0 Å². The van der Waals surface area contributed by atoms with Crippen molar-refractivity contribution < 1.29 is 4.79 Å². The number of rotatable bonds is 3. The Morgan fingerprint density at radius 3 is 3.05 bits per heavy atom. The highest BCUT2D eigenvalue weighted by Crippen LogP contribution is 2.30. The summed E-state index contributed by atoms with van der Waals surface area (Å²) in [5.74, 6) is -0.200. The van der Waals surface area contributed by atoms with Crippen molar-refractivity contribution in [3.63, 3.8) is 0 Å². The molecule has 4 rings (SSSR count). The van der Waals surface area contributed by atoms with Crippen LogP contribution < -0.4 is 10.6 Å². The van der Waals surface area contributed by atoms with Gasteiger partial charge in [-0.3, -0.25) is 4.79 Å². The van der Waals surface area contributed by atoms with Crippen LogP contribution >= 0.6 is 0 Å². The topological polar surface area (TPSA) is 71.8 Å². The second-order valence-electron chi connectivity index (χ2n) is 6.03. The molecule has 1 saturated carbocycles. The molecule has 6 heteroatoms. The van der Waals surface area contributed by atoms with Gasteiger partial charge in [-0.15, -0.1) is 5.10 Å². The third-order valence-electron chi connectivity index (χ3n) is 4.54. The van der Waals surface area contributed by atoms with Crippen molar-refractivity contribution in [3.8, 4) is 0 Å². The summed E-state index contributed by atoms with van der Waals surface area (Å²) in [4.78, 5) is 12.3. The Bertz CT molecular complexity index is 704. The molecule has 1 aromatic heterocycles. The third kappa shape index (κ3) is 2.50. The van der Waals surface area contributed by atoms with E-state index < -0.39 is 0 Å². The maximum absolute atomic E-state index is 12.3. The number of carbonyl (C=O) groups is 1. The van der Waals surface area contributed by atoms with E-state index in [1.165, 1.54) is 17.5 Å². The molecule has 0 spiro atoms. The van der Waals surface area contributed by atoms with Crippen molar-refractivity contribution in [3.05, 3.63) is 41.2 Å². The molecule has 1 aliphatic carbocycles. The SMILES string of the molecule is O=C(Nc1ccc2c(c1)CNCC2)c1cn(C2CCC2)nn1. The quantitative estimate of drug-likeness (QED) is 0.907. The number of carbonyl (C=O) groups excluding carboxylic acids is 1. The lowest BCUT2D eigenvalue weighted by molar-refractivity contribution is 0.102. The maximum Gasteiger partial charge on any atom is 0.277 e. The second kappa shape index (κ2) is 5.53. The van der Waals surface area contributed by atoms with Crippen molar-refractivity contribution in [2.45, 2.75) is 38.3 Å². The molecular formula is C16H19N5O. The Hall–Kier alpha value is -2.21. The summed E-state index contributed by atoms with van der Waals surface area (Å²) < 4.78 is 1.81. The van der Waals surface area contributed by atoms with Gasteiger partial charge in [-0.05, 0) is 55.5 Å². The van der Waals surface area contributed by atoms with Crippen molar-refractivity contribution in [1.82, 2.24) is 20.3 Å². The molecule has 2 heterocycles. The van der Waals surface area contributed by atoms with Gasteiger partial charge in [-0.25, -0.2) is 4.68 Å². The normalized spacial score (nSPS) is 17.6. The Morgan fingerprint density at radius 2 is 2.23 bits per heavy atom. The van der Waals surface area contributed by atoms with Crippen LogP contribution in [0, 0.1) is 0 Å². The van der Waals surface area contributed by atoms with E-state index in [0.717, 1.165) is 38.0 Å².